The summed E-state index contributed by atoms with van der Waals surface area (Å²) in [6.45, 7) is 2.26. The predicted octanol–water partition coefficient (Wildman–Crippen LogP) is 5.82. The number of carboxylic acid groups (broad SMARTS) is 1. The highest BCUT2D eigenvalue weighted by Gasteiger charge is 2.32. The fraction of sp³-hybridized carbons (Fsp3) is 0.312. The third kappa shape index (κ3) is 8.71. The fourth-order valence-corrected chi connectivity index (χ4v) is 6.59. The zero-order valence-corrected chi connectivity index (χ0v) is 25.3. The van der Waals surface area contributed by atoms with E-state index in [-0.39, 0.29) is 37.6 Å². The minimum Gasteiger partial charge on any atom is -0.481 e. The zero-order chi connectivity index (χ0) is 30.2. The van der Waals surface area contributed by atoms with Crippen LogP contribution < -0.4 is 5.32 Å². The van der Waals surface area contributed by atoms with E-state index in [4.69, 9.17) is 14.6 Å². The summed E-state index contributed by atoms with van der Waals surface area (Å²) in [6.07, 6.45) is -0.339. The van der Waals surface area contributed by atoms with Crippen molar-refractivity contribution in [1.82, 2.24) is 15.5 Å². The van der Waals surface area contributed by atoms with Crippen molar-refractivity contribution < 1.29 is 29.3 Å². The number of ether oxygens (including phenoxy) is 2. The van der Waals surface area contributed by atoms with Gasteiger partial charge >= 0.3 is 5.97 Å². The third-order valence-electron chi connectivity index (χ3n) is 7.01. The Morgan fingerprint density at radius 2 is 1.72 bits per heavy atom. The molecule has 0 saturated carbocycles. The fourth-order valence-electron chi connectivity index (χ4n) is 4.73. The van der Waals surface area contributed by atoms with Gasteiger partial charge in [-0.1, -0.05) is 89.8 Å². The van der Waals surface area contributed by atoms with Gasteiger partial charge in [-0.25, -0.2) is 0 Å². The van der Waals surface area contributed by atoms with Crippen molar-refractivity contribution in [2.24, 2.45) is 0 Å². The summed E-state index contributed by atoms with van der Waals surface area (Å²) in [5.41, 5.74) is 5.72. The number of aliphatic hydroxyl groups excluding tert-OH is 1. The Bertz CT molecular complexity index is 1530. The van der Waals surface area contributed by atoms with Crippen molar-refractivity contribution in [1.29, 1.82) is 0 Å². The van der Waals surface area contributed by atoms with Crippen molar-refractivity contribution in [2.45, 2.75) is 62.2 Å². The topological polar surface area (TPSA) is 131 Å². The molecule has 1 fully saturated rings. The van der Waals surface area contributed by atoms with Gasteiger partial charge in [0, 0.05) is 30.7 Å². The van der Waals surface area contributed by atoms with Crippen LogP contribution in [-0.2, 0) is 32.2 Å². The lowest BCUT2D eigenvalue weighted by Crippen LogP contribution is -2.31. The zero-order valence-electron chi connectivity index (χ0n) is 23.6. The van der Waals surface area contributed by atoms with Crippen LogP contribution in [0.25, 0.3) is 11.1 Å². The molecule has 1 aliphatic heterocycles. The SMILES string of the molecule is Cc1nnc(SC[C@@H]2C[C@H](c3ccc(CO)cc3)O[C@H](c3ccc(-c4cccc(CNC(=O)CCC(=O)O)c4)cc3)O2)s1. The summed E-state index contributed by atoms with van der Waals surface area (Å²) in [4.78, 5) is 22.6. The lowest BCUT2D eigenvalue weighted by Gasteiger charge is -2.36. The number of nitrogens with zero attached hydrogens (tertiary/aromatic N) is 2. The number of carbonyl (C=O) groups excluding carboxylic acids is 1. The monoisotopic (exact) mass is 619 g/mol. The van der Waals surface area contributed by atoms with E-state index < -0.39 is 12.3 Å². The number of hydrogen-bond donors (Lipinski definition) is 3. The standard InChI is InChI=1S/C32H33N3O6S2/c1-20-34-35-32(43-20)42-19-27-16-28(24-7-5-21(18-36)6-8-24)41-31(40-27)25-11-9-23(10-12-25)26-4-2-3-22(15-26)17-33-29(37)13-14-30(38)39/h2-12,15,27-28,31,36H,13-14,16-19H2,1H3,(H,33,37)(H,38,39)/t27-,28+,31+/m0/s1. The highest BCUT2D eigenvalue weighted by Crippen LogP contribution is 2.40. The molecular weight excluding hydrogens is 587 g/mol. The van der Waals surface area contributed by atoms with Crippen molar-refractivity contribution in [3.8, 4) is 11.1 Å². The van der Waals surface area contributed by atoms with Gasteiger partial charge in [-0.2, -0.15) is 0 Å². The lowest BCUT2D eigenvalue weighted by molar-refractivity contribution is -0.245. The van der Waals surface area contributed by atoms with Crippen LogP contribution in [0.2, 0.25) is 0 Å². The Hall–Kier alpha value is -3.61. The first-order chi connectivity index (χ1) is 20.9. The summed E-state index contributed by atoms with van der Waals surface area (Å²) in [5, 5.41) is 30.3. The second-order valence-corrected chi connectivity index (χ2v) is 12.7. The molecule has 1 aromatic heterocycles. The second kappa shape index (κ2) is 14.7. The minimum atomic E-state index is -0.991. The number of carboxylic acids is 1. The van der Waals surface area contributed by atoms with Crippen molar-refractivity contribution in [3.63, 3.8) is 0 Å². The van der Waals surface area contributed by atoms with E-state index in [0.29, 0.717) is 13.0 Å². The molecule has 2 heterocycles. The molecule has 0 bridgehead atoms. The van der Waals surface area contributed by atoms with E-state index in [0.717, 1.165) is 48.5 Å². The molecule has 0 radical (unpaired) electrons. The Balaban J connectivity index is 1.28. The van der Waals surface area contributed by atoms with E-state index in [1.807, 2.05) is 79.7 Å². The summed E-state index contributed by atoms with van der Waals surface area (Å²) >= 11 is 3.21. The Morgan fingerprint density at radius 1 is 0.953 bits per heavy atom. The molecule has 11 heteroatoms. The molecule has 4 aromatic rings. The van der Waals surface area contributed by atoms with Gasteiger partial charge in [0.05, 0.1) is 25.2 Å². The summed E-state index contributed by atoms with van der Waals surface area (Å²) in [6, 6.07) is 23.8. The maximum Gasteiger partial charge on any atom is 0.303 e. The van der Waals surface area contributed by atoms with Gasteiger partial charge in [-0.3, -0.25) is 9.59 Å². The number of amides is 1. The molecule has 0 spiro atoms. The third-order valence-corrected chi connectivity index (χ3v) is 9.12. The van der Waals surface area contributed by atoms with Crippen LogP contribution in [0.3, 0.4) is 0 Å². The van der Waals surface area contributed by atoms with E-state index in [2.05, 4.69) is 15.5 Å². The maximum atomic E-state index is 11.9. The van der Waals surface area contributed by atoms with E-state index in [1.165, 1.54) is 0 Å². The minimum absolute atomic E-state index is 0.00520. The molecule has 3 N–H and O–H groups in total. The van der Waals surface area contributed by atoms with Gasteiger partial charge in [0.2, 0.25) is 5.91 Å². The molecule has 3 atom stereocenters. The first kappa shape index (κ1) is 30.8. The molecule has 1 amide bonds. The first-order valence-electron chi connectivity index (χ1n) is 14.0. The number of aromatic nitrogens is 2. The number of nitrogens with one attached hydrogen (secondary N) is 1. The van der Waals surface area contributed by atoms with Crippen LogP contribution >= 0.6 is 23.1 Å². The van der Waals surface area contributed by atoms with E-state index in [9.17, 15) is 14.7 Å². The normalized spacial score (nSPS) is 18.3. The highest BCUT2D eigenvalue weighted by molar-refractivity contribution is 8.01. The molecule has 0 aliphatic carbocycles. The summed E-state index contributed by atoms with van der Waals surface area (Å²) < 4.78 is 13.8. The Kier molecular flexibility index (Phi) is 10.6. The highest BCUT2D eigenvalue weighted by atomic mass is 32.2. The Morgan fingerprint density at radius 3 is 2.42 bits per heavy atom. The molecule has 5 rings (SSSR count). The molecule has 3 aromatic carbocycles. The van der Waals surface area contributed by atoms with Gasteiger partial charge < -0.3 is 25.0 Å². The smallest absolute Gasteiger partial charge is 0.303 e. The first-order valence-corrected chi connectivity index (χ1v) is 15.8. The molecular formula is C32H33N3O6S2. The summed E-state index contributed by atoms with van der Waals surface area (Å²) in [7, 11) is 0. The van der Waals surface area contributed by atoms with Gasteiger partial charge in [0.1, 0.15) is 5.01 Å². The molecule has 1 aliphatic rings. The van der Waals surface area contributed by atoms with Gasteiger partial charge in [-0.15, -0.1) is 10.2 Å². The van der Waals surface area contributed by atoms with Gasteiger partial charge in [0.15, 0.2) is 10.6 Å². The number of aliphatic hydroxyl groups is 1. The number of benzene rings is 3. The van der Waals surface area contributed by atoms with Crippen molar-refractivity contribution >= 4 is 35.0 Å². The average Bonchev–Trinajstić information content (AvgIpc) is 3.46. The van der Waals surface area contributed by atoms with Crippen LogP contribution in [-0.4, -0.2) is 44.1 Å². The van der Waals surface area contributed by atoms with E-state index in [1.54, 1.807) is 23.1 Å². The predicted molar refractivity (Wildman–Crippen MR) is 164 cm³/mol. The summed E-state index contributed by atoms with van der Waals surface area (Å²) in [5.74, 6) is -0.561. The van der Waals surface area contributed by atoms with Gasteiger partial charge in [0.25, 0.3) is 0 Å². The van der Waals surface area contributed by atoms with Gasteiger partial charge in [-0.05, 0) is 40.8 Å². The molecule has 1 saturated heterocycles. The van der Waals surface area contributed by atoms with Crippen molar-refractivity contribution in [3.05, 3.63) is 100 Å². The van der Waals surface area contributed by atoms with Crippen LogP contribution in [0.4, 0.5) is 0 Å². The van der Waals surface area contributed by atoms with E-state index >= 15 is 0 Å². The number of hydrogen-bond acceptors (Lipinski definition) is 9. The quantitative estimate of drug-likeness (QED) is 0.168. The van der Waals surface area contributed by atoms with Crippen LogP contribution in [0.15, 0.2) is 77.1 Å². The largest absolute Gasteiger partial charge is 0.481 e. The number of aryl methyl sites for hydroxylation is 1. The maximum absolute atomic E-state index is 11.9. The van der Waals surface area contributed by atoms with Crippen LogP contribution in [0.5, 0.6) is 0 Å². The van der Waals surface area contributed by atoms with Crippen LogP contribution in [0.1, 0.15) is 58.9 Å². The second-order valence-electron chi connectivity index (χ2n) is 10.2. The lowest BCUT2D eigenvalue weighted by atomic mass is 9.99. The van der Waals surface area contributed by atoms with Crippen LogP contribution in [0, 0.1) is 6.92 Å². The molecule has 9 nitrogen and oxygen atoms in total. The molecule has 43 heavy (non-hydrogen) atoms. The van der Waals surface area contributed by atoms with Crippen molar-refractivity contribution in [2.75, 3.05) is 5.75 Å². The number of aliphatic carboxylic acids is 1. The number of rotatable bonds is 12. The average molecular weight is 620 g/mol. The Labute approximate surface area is 258 Å². The number of thioether (sulfide) groups is 1. The molecule has 224 valence electrons. The number of carbonyl (C=O) groups is 2. The molecule has 0 unspecified atom stereocenters.